The first-order chi connectivity index (χ1) is 17.1. The van der Waals surface area contributed by atoms with Crippen molar-refractivity contribution in [3.63, 3.8) is 0 Å². The molecule has 0 radical (unpaired) electrons. The smallest absolute Gasteiger partial charge is 0.322 e. The van der Waals surface area contributed by atoms with E-state index in [1.165, 1.54) is 0 Å². The van der Waals surface area contributed by atoms with Gasteiger partial charge in [-0.05, 0) is 37.1 Å². The second kappa shape index (κ2) is 9.85. The Kier molecular flexibility index (Phi) is 6.30. The van der Waals surface area contributed by atoms with Gasteiger partial charge in [-0.15, -0.1) is 0 Å². The van der Waals surface area contributed by atoms with Crippen LogP contribution in [-0.2, 0) is 6.54 Å². The number of nitrogens with zero attached hydrogens (tertiary/aromatic N) is 3. The fourth-order valence-corrected chi connectivity index (χ4v) is 4.22. The monoisotopic (exact) mass is 466 g/mol. The van der Waals surface area contributed by atoms with Crippen molar-refractivity contribution < 1.29 is 14.1 Å². The topological polar surface area (TPSA) is 80.5 Å². The molecule has 35 heavy (non-hydrogen) atoms. The van der Waals surface area contributed by atoms with Gasteiger partial charge in [0.25, 0.3) is 5.89 Å². The molecule has 4 aromatic rings. The molecule has 0 aliphatic carbocycles. The van der Waals surface area contributed by atoms with Crippen LogP contribution in [0.1, 0.15) is 36.9 Å². The maximum atomic E-state index is 13.3. The number of amides is 2. The van der Waals surface area contributed by atoms with Gasteiger partial charge in [0.05, 0.1) is 24.8 Å². The molecule has 0 spiro atoms. The minimum absolute atomic E-state index is 0.184. The summed E-state index contributed by atoms with van der Waals surface area (Å²) in [7, 11) is 0. The third-order valence-electron chi connectivity index (χ3n) is 5.99. The highest BCUT2D eigenvalue weighted by atomic mass is 16.5. The average Bonchev–Trinajstić information content (AvgIpc) is 3.38. The molecule has 2 amide bonds. The van der Waals surface area contributed by atoms with Gasteiger partial charge in [-0.1, -0.05) is 78.0 Å². The Morgan fingerprint density at radius 3 is 2.34 bits per heavy atom. The lowest BCUT2D eigenvalue weighted by molar-refractivity contribution is 0.203. The van der Waals surface area contributed by atoms with E-state index in [4.69, 9.17) is 14.2 Å². The molecule has 2 heterocycles. The Morgan fingerprint density at radius 2 is 1.66 bits per heavy atom. The van der Waals surface area contributed by atoms with E-state index in [0.717, 1.165) is 33.7 Å². The van der Waals surface area contributed by atoms with Crippen molar-refractivity contribution in [2.45, 2.75) is 26.4 Å². The number of aromatic nitrogens is 2. The summed E-state index contributed by atoms with van der Waals surface area (Å²) in [6, 6.07) is 26.7. The van der Waals surface area contributed by atoms with Gasteiger partial charge in [0, 0.05) is 11.3 Å². The Bertz CT molecular complexity index is 1330. The molecule has 1 unspecified atom stereocenters. The van der Waals surface area contributed by atoms with Gasteiger partial charge in [-0.25, -0.2) is 4.79 Å². The summed E-state index contributed by atoms with van der Waals surface area (Å²) in [4.78, 5) is 19.7. The van der Waals surface area contributed by atoms with Crippen molar-refractivity contribution >= 4 is 11.6 Å². The average molecular weight is 467 g/mol. The van der Waals surface area contributed by atoms with Crippen molar-refractivity contribution in [2.75, 3.05) is 6.61 Å². The van der Waals surface area contributed by atoms with Crippen LogP contribution in [0.15, 0.2) is 95.1 Å². The van der Waals surface area contributed by atoms with Crippen LogP contribution in [0.25, 0.3) is 17.0 Å². The second-order valence-corrected chi connectivity index (χ2v) is 8.24. The van der Waals surface area contributed by atoms with E-state index in [2.05, 4.69) is 10.5 Å². The lowest BCUT2D eigenvalue weighted by Gasteiger charge is -2.35. The molecule has 0 bridgehead atoms. The zero-order valence-electron chi connectivity index (χ0n) is 19.6. The maximum Gasteiger partial charge on any atom is 0.322 e. The molecule has 1 aliphatic rings. The summed E-state index contributed by atoms with van der Waals surface area (Å²) >= 11 is 0. The summed E-state index contributed by atoms with van der Waals surface area (Å²) in [6.45, 7) is 4.88. The summed E-state index contributed by atoms with van der Waals surface area (Å²) in [6.07, 6.45) is 0. The Labute approximate surface area is 204 Å². The van der Waals surface area contributed by atoms with Crippen LogP contribution in [0.5, 0.6) is 5.75 Å². The van der Waals surface area contributed by atoms with Gasteiger partial charge in [-0.3, -0.25) is 4.90 Å². The van der Waals surface area contributed by atoms with E-state index >= 15 is 0 Å². The fourth-order valence-electron chi connectivity index (χ4n) is 4.22. The molecule has 1 aliphatic heterocycles. The van der Waals surface area contributed by atoms with Gasteiger partial charge in [-0.2, -0.15) is 4.98 Å². The van der Waals surface area contributed by atoms with E-state index in [0.29, 0.717) is 24.9 Å². The number of hydrogen-bond donors (Lipinski definition) is 1. The summed E-state index contributed by atoms with van der Waals surface area (Å²) < 4.78 is 11.3. The normalized spacial score (nSPS) is 15.8. The lowest BCUT2D eigenvalue weighted by atomic mass is 9.94. The van der Waals surface area contributed by atoms with Crippen molar-refractivity contribution in [3.05, 3.63) is 108 Å². The Balaban J connectivity index is 1.54. The van der Waals surface area contributed by atoms with Crippen LogP contribution in [-0.4, -0.2) is 27.7 Å². The highest BCUT2D eigenvalue weighted by Gasteiger charge is 2.35. The fraction of sp³-hybridized carbons (Fsp3) is 0.179. The molecule has 3 aromatic carbocycles. The summed E-state index contributed by atoms with van der Waals surface area (Å²) in [5.41, 5.74) is 4.32. The predicted molar refractivity (Wildman–Crippen MR) is 133 cm³/mol. The molecule has 5 rings (SSSR count). The minimum Gasteiger partial charge on any atom is -0.494 e. The zero-order chi connectivity index (χ0) is 24.2. The van der Waals surface area contributed by atoms with Gasteiger partial charge < -0.3 is 14.6 Å². The number of carbonyl (C=O) groups is 1. The lowest BCUT2D eigenvalue weighted by Crippen LogP contribution is -2.45. The van der Waals surface area contributed by atoms with Crippen molar-refractivity contribution in [3.8, 4) is 17.1 Å². The molecule has 1 atom stereocenters. The number of hydrogen-bond acceptors (Lipinski definition) is 5. The molecule has 7 nitrogen and oxygen atoms in total. The van der Waals surface area contributed by atoms with E-state index < -0.39 is 6.04 Å². The highest BCUT2D eigenvalue weighted by molar-refractivity contribution is 5.86. The quantitative estimate of drug-likeness (QED) is 0.370. The SMILES string of the molecule is CCOc1ccc(CN2C(=O)NC(c3ccccc3)C(c3nc(-c4ccccc4)no3)=C2C)cc1. The van der Waals surface area contributed by atoms with Gasteiger partial charge >= 0.3 is 6.03 Å². The second-order valence-electron chi connectivity index (χ2n) is 8.24. The number of rotatable bonds is 7. The molecule has 1 N–H and O–H groups in total. The molecular weight excluding hydrogens is 440 g/mol. The molecule has 176 valence electrons. The van der Waals surface area contributed by atoms with E-state index in [1.807, 2.05) is 98.8 Å². The molecule has 7 heteroatoms. The highest BCUT2D eigenvalue weighted by Crippen LogP contribution is 2.37. The number of allylic oxidation sites excluding steroid dienone is 1. The van der Waals surface area contributed by atoms with Crippen LogP contribution < -0.4 is 10.1 Å². The molecular formula is C28H26N4O3. The van der Waals surface area contributed by atoms with E-state index in [9.17, 15) is 4.79 Å². The Hall–Kier alpha value is -4.39. The minimum atomic E-state index is -0.413. The maximum absolute atomic E-state index is 13.3. The van der Waals surface area contributed by atoms with Crippen LogP contribution in [0.4, 0.5) is 4.79 Å². The summed E-state index contributed by atoms with van der Waals surface area (Å²) in [5, 5.41) is 7.35. The number of nitrogens with one attached hydrogen (secondary N) is 1. The first-order valence-electron chi connectivity index (χ1n) is 11.6. The van der Waals surface area contributed by atoms with Gasteiger partial charge in [0.2, 0.25) is 5.82 Å². The van der Waals surface area contributed by atoms with Gasteiger partial charge in [0.15, 0.2) is 0 Å². The molecule has 0 fully saturated rings. The van der Waals surface area contributed by atoms with Crippen molar-refractivity contribution in [2.24, 2.45) is 0 Å². The van der Waals surface area contributed by atoms with Crippen LogP contribution in [0.3, 0.4) is 0 Å². The first kappa shape index (κ1) is 22.4. The predicted octanol–water partition coefficient (Wildman–Crippen LogP) is 5.83. The third kappa shape index (κ3) is 4.66. The third-order valence-corrected chi connectivity index (χ3v) is 5.99. The van der Waals surface area contributed by atoms with Gasteiger partial charge in [0.1, 0.15) is 5.75 Å². The number of benzene rings is 3. The largest absolute Gasteiger partial charge is 0.494 e. The molecule has 1 aromatic heterocycles. The summed E-state index contributed by atoms with van der Waals surface area (Å²) in [5.74, 6) is 1.69. The molecule has 0 saturated carbocycles. The first-order valence-corrected chi connectivity index (χ1v) is 11.6. The van der Waals surface area contributed by atoms with Crippen molar-refractivity contribution in [1.82, 2.24) is 20.4 Å². The van der Waals surface area contributed by atoms with Crippen molar-refractivity contribution in [1.29, 1.82) is 0 Å². The number of ether oxygens (including phenoxy) is 1. The van der Waals surface area contributed by atoms with Crippen LogP contribution >= 0.6 is 0 Å². The van der Waals surface area contributed by atoms with Crippen LogP contribution in [0, 0.1) is 0 Å². The Morgan fingerprint density at radius 1 is 0.971 bits per heavy atom. The number of urea groups is 1. The number of carbonyl (C=O) groups excluding carboxylic acids is 1. The van der Waals surface area contributed by atoms with E-state index in [1.54, 1.807) is 4.90 Å². The van der Waals surface area contributed by atoms with E-state index in [-0.39, 0.29) is 6.03 Å². The van der Waals surface area contributed by atoms with Crippen LogP contribution in [0.2, 0.25) is 0 Å². The molecule has 0 saturated heterocycles. The standard InChI is InChI=1S/C28H26N4O3/c1-3-34-23-16-14-20(15-17-23)18-32-19(2)24(25(29-28(32)33)21-10-6-4-7-11-21)27-30-26(31-35-27)22-12-8-5-9-13-22/h4-17,25H,3,18H2,1-2H3,(H,29,33). The zero-order valence-corrected chi connectivity index (χ0v) is 19.6.